The minimum absolute atomic E-state index is 0.184. The number of halogens is 1. The van der Waals surface area contributed by atoms with E-state index in [4.69, 9.17) is 4.74 Å². The number of likely N-dealkylation sites (tertiary alicyclic amines) is 1. The van der Waals surface area contributed by atoms with Crippen LogP contribution in [0.4, 0.5) is 9.18 Å². The highest BCUT2D eigenvalue weighted by Crippen LogP contribution is 2.20. The molecule has 1 amide bonds. The summed E-state index contributed by atoms with van der Waals surface area (Å²) >= 11 is 0. The lowest BCUT2D eigenvalue weighted by molar-refractivity contribution is 0.0493. The van der Waals surface area contributed by atoms with Crippen molar-refractivity contribution in [1.29, 1.82) is 0 Å². The number of ether oxygens (including phenoxy) is 1. The fourth-order valence-corrected chi connectivity index (χ4v) is 2.71. The van der Waals surface area contributed by atoms with E-state index < -0.39 is 18.4 Å². The van der Waals surface area contributed by atoms with Crippen molar-refractivity contribution in [3.63, 3.8) is 0 Å². The Hall–Kier alpha value is -1.62. The van der Waals surface area contributed by atoms with Crippen LogP contribution in [-0.2, 0) is 11.3 Å². The zero-order chi connectivity index (χ0) is 16.2. The van der Waals surface area contributed by atoms with Crippen molar-refractivity contribution in [2.45, 2.75) is 39.0 Å². The van der Waals surface area contributed by atoms with Gasteiger partial charge in [0, 0.05) is 25.6 Å². The summed E-state index contributed by atoms with van der Waals surface area (Å²) in [5.74, 6) is -0.184. The fourth-order valence-electron chi connectivity index (χ4n) is 2.71. The van der Waals surface area contributed by atoms with Gasteiger partial charge in [0.2, 0.25) is 0 Å². The Bertz CT molecular complexity index is 487. The van der Waals surface area contributed by atoms with E-state index in [-0.39, 0.29) is 12.0 Å². The molecule has 1 aliphatic heterocycles. The fraction of sp³-hybridized carbons (Fsp3) is 0.588. The maximum Gasteiger partial charge on any atom is 0.407 e. The molecule has 1 aromatic carbocycles. The Kier molecular flexibility index (Phi) is 5.40. The van der Waals surface area contributed by atoms with Gasteiger partial charge >= 0.3 is 6.09 Å². The molecule has 1 N–H and O–H groups in total. The smallest absolute Gasteiger partial charge is 0.407 e. The van der Waals surface area contributed by atoms with Crippen LogP contribution in [0.2, 0.25) is 0 Å². The summed E-state index contributed by atoms with van der Waals surface area (Å²) in [4.78, 5) is 14.0. The summed E-state index contributed by atoms with van der Waals surface area (Å²) in [5, 5.41) is 2.81. The zero-order valence-corrected chi connectivity index (χ0v) is 13.5. The van der Waals surface area contributed by atoms with E-state index in [1.54, 1.807) is 0 Å². The summed E-state index contributed by atoms with van der Waals surface area (Å²) in [6, 6.07) is 9.87. The largest absolute Gasteiger partial charge is 0.444 e. The van der Waals surface area contributed by atoms with Crippen LogP contribution in [0, 0.1) is 5.92 Å². The van der Waals surface area contributed by atoms with Crippen molar-refractivity contribution in [2.75, 3.05) is 19.8 Å². The van der Waals surface area contributed by atoms with Crippen LogP contribution in [0.3, 0.4) is 0 Å². The third-order valence-electron chi connectivity index (χ3n) is 3.67. The molecule has 122 valence electrons. The van der Waals surface area contributed by atoms with E-state index in [1.165, 1.54) is 5.56 Å². The number of hydrogen-bond acceptors (Lipinski definition) is 3. The van der Waals surface area contributed by atoms with Gasteiger partial charge in [-0.2, -0.15) is 0 Å². The first kappa shape index (κ1) is 16.7. The molecule has 2 atom stereocenters. The molecule has 1 aliphatic rings. The number of benzene rings is 1. The Morgan fingerprint density at radius 2 is 2.00 bits per heavy atom. The topological polar surface area (TPSA) is 41.6 Å². The zero-order valence-electron chi connectivity index (χ0n) is 13.5. The third kappa shape index (κ3) is 4.98. The number of alkyl carbamates (subject to hydrolysis) is 1. The second-order valence-corrected chi connectivity index (χ2v) is 6.85. The summed E-state index contributed by atoms with van der Waals surface area (Å²) in [7, 11) is 0. The molecule has 0 spiro atoms. The second kappa shape index (κ2) is 7.09. The molecule has 1 saturated heterocycles. The van der Waals surface area contributed by atoms with E-state index >= 15 is 0 Å². The Labute approximate surface area is 131 Å². The van der Waals surface area contributed by atoms with E-state index in [0.717, 1.165) is 6.54 Å². The Balaban J connectivity index is 1.90. The molecule has 1 heterocycles. The van der Waals surface area contributed by atoms with Crippen molar-refractivity contribution in [2.24, 2.45) is 5.92 Å². The molecule has 1 fully saturated rings. The van der Waals surface area contributed by atoms with Crippen LogP contribution >= 0.6 is 0 Å². The van der Waals surface area contributed by atoms with Crippen LogP contribution in [0.25, 0.3) is 0 Å². The molecule has 0 saturated carbocycles. The number of hydrogen-bond donors (Lipinski definition) is 1. The van der Waals surface area contributed by atoms with Crippen molar-refractivity contribution in [3.05, 3.63) is 35.9 Å². The van der Waals surface area contributed by atoms with Crippen LogP contribution in [0.5, 0.6) is 0 Å². The molecule has 2 rings (SSSR count). The minimum atomic E-state index is -0.544. The van der Waals surface area contributed by atoms with Gasteiger partial charge in [0.25, 0.3) is 0 Å². The number of alkyl halides is 1. The van der Waals surface area contributed by atoms with Gasteiger partial charge in [0.15, 0.2) is 0 Å². The van der Waals surface area contributed by atoms with Crippen LogP contribution in [0.1, 0.15) is 26.3 Å². The highest BCUT2D eigenvalue weighted by molar-refractivity contribution is 5.68. The quantitative estimate of drug-likeness (QED) is 0.930. The van der Waals surface area contributed by atoms with Crippen LogP contribution in [-0.4, -0.2) is 42.4 Å². The van der Waals surface area contributed by atoms with Gasteiger partial charge in [-0.3, -0.25) is 9.29 Å². The third-order valence-corrected chi connectivity index (χ3v) is 3.67. The molecule has 1 aromatic rings. The summed E-state index contributed by atoms with van der Waals surface area (Å²) in [6.45, 7) is 7.06. The molecular formula is C17H25FN2O2. The van der Waals surface area contributed by atoms with Crippen molar-refractivity contribution >= 4 is 6.09 Å². The number of carbonyl (C=O) groups excluding carboxylic acids is 1. The predicted octanol–water partition coefficient (Wildman–Crippen LogP) is 2.98. The number of carbonyl (C=O) groups is 1. The first-order valence-corrected chi connectivity index (χ1v) is 7.69. The molecule has 0 radical (unpaired) electrons. The molecule has 4 nitrogen and oxygen atoms in total. The van der Waals surface area contributed by atoms with E-state index in [2.05, 4.69) is 22.3 Å². The van der Waals surface area contributed by atoms with Gasteiger partial charge in [-0.25, -0.2) is 4.79 Å². The van der Waals surface area contributed by atoms with Gasteiger partial charge in [-0.05, 0) is 26.3 Å². The monoisotopic (exact) mass is 308 g/mol. The highest BCUT2D eigenvalue weighted by atomic mass is 19.1. The van der Waals surface area contributed by atoms with Gasteiger partial charge < -0.3 is 10.1 Å². The maximum atomic E-state index is 13.2. The van der Waals surface area contributed by atoms with E-state index in [1.807, 2.05) is 39.0 Å². The van der Waals surface area contributed by atoms with Gasteiger partial charge in [-0.1, -0.05) is 30.3 Å². The average molecular weight is 308 g/mol. The number of nitrogens with zero attached hydrogens (tertiary/aromatic N) is 1. The minimum Gasteiger partial charge on any atom is -0.444 e. The van der Waals surface area contributed by atoms with Crippen molar-refractivity contribution in [1.82, 2.24) is 10.2 Å². The normalized spacial score (nSPS) is 22.5. The molecule has 0 aromatic heterocycles. The SMILES string of the molecule is CC(C)(C)OC(=O)N[C@@H]1CN(Cc2ccccc2)C[C@@H]1CF. The molecule has 0 bridgehead atoms. The molecule has 22 heavy (non-hydrogen) atoms. The first-order valence-electron chi connectivity index (χ1n) is 7.69. The second-order valence-electron chi connectivity index (χ2n) is 6.85. The predicted molar refractivity (Wildman–Crippen MR) is 84.3 cm³/mol. The van der Waals surface area contributed by atoms with Gasteiger partial charge in [-0.15, -0.1) is 0 Å². The van der Waals surface area contributed by atoms with Crippen LogP contribution in [0.15, 0.2) is 30.3 Å². The summed E-state index contributed by atoms with van der Waals surface area (Å²) < 4.78 is 18.5. The molecule has 0 aliphatic carbocycles. The van der Waals surface area contributed by atoms with Crippen molar-refractivity contribution < 1.29 is 13.9 Å². The highest BCUT2D eigenvalue weighted by Gasteiger charge is 2.34. The van der Waals surface area contributed by atoms with Gasteiger partial charge in [0.05, 0.1) is 12.7 Å². The Morgan fingerprint density at radius 3 is 2.59 bits per heavy atom. The molecule has 5 heteroatoms. The average Bonchev–Trinajstić information content (AvgIpc) is 2.79. The first-order chi connectivity index (χ1) is 10.4. The lowest BCUT2D eigenvalue weighted by Gasteiger charge is -2.23. The molecular weight excluding hydrogens is 283 g/mol. The Morgan fingerprint density at radius 1 is 1.32 bits per heavy atom. The summed E-state index contributed by atoms with van der Waals surface area (Å²) in [6.07, 6.45) is -0.475. The molecule has 0 unspecified atom stereocenters. The number of rotatable bonds is 4. The lowest BCUT2D eigenvalue weighted by Crippen LogP contribution is -2.43. The van der Waals surface area contributed by atoms with Crippen LogP contribution < -0.4 is 5.32 Å². The maximum absolute atomic E-state index is 13.2. The van der Waals surface area contributed by atoms with E-state index in [0.29, 0.717) is 13.1 Å². The summed E-state index contributed by atoms with van der Waals surface area (Å²) in [5.41, 5.74) is 0.649. The van der Waals surface area contributed by atoms with E-state index in [9.17, 15) is 9.18 Å². The number of amides is 1. The van der Waals surface area contributed by atoms with Crippen molar-refractivity contribution in [3.8, 4) is 0 Å². The number of nitrogens with one attached hydrogen (secondary N) is 1. The van der Waals surface area contributed by atoms with Gasteiger partial charge in [0.1, 0.15) is 5.60 Å². The standard InChI is InChI=1S/C17H25FN2O2/c1-17(2,3)22-16(21)19-15-12-20(11-14(15)9-18)10-13-7-5-4-6-8-13/h4-8,14-15H,9-12H2,1-3H3,(H,19,21)/t14-,15+/m0/s1. The lowest BCUT2D eigenvalue weighted by atomic mass is 10.1.